The molecule has 38 heavy (non-hydrogen) atoms. The van der Waals surface area contributed by atoms with E-state index in [1.165, 1.54) is 18.0 Å². The molecular weight excluding hydrogens is 599 g/mol. The number of nitrogens with zero attached hydrogens (tertiary/aromatic N) is 5. The standard InChI is InChI=1S/C27H27IN6O4/c1-17-31-16-34(32-17)25-22-21(20(38-2)13-30-25)19(12-29-22)23(35)24(36)28-10-8-27(14-28)9-11-33(15-27)26(37)18-6-4-3-5-7-18/h3-7,12-13,16,29H,8-11,14-15H2,1-2H3. The molecule has 4 aromatic rings. The summed E-state index contributed by atoms with van der Waals surface area (Å²) < 4.78 is 8.37. The first-order chi connectivity index (χ1) is 18.4. The van der Waals surface area contributed by atoms with Gasteiger partial charge in [-0.2, -0.15) is 0 Å². The van der Waals surface area contributed by atoms with Crippen LogP contribution in [0.2, 0.25) is 0 Å². The van der Waals surface area contributed by atoms with Crippen molar-refractivity contribution in [3.8, 4) is 11.6 Å². The Morgan fingerprint density at radius 2 is 1.95 bits per heavy atom. The van der Waals surface area contributed by atoms with Gasteiger partial charge in [-0.05, 0) is 0 Å². The number of rotatable bonds is 6. The van der Waals surface area contributed by atoms with Gasteiger partial charge in [0.05, 0.1) is 0 Å². The zero-order valence-electron chi connectivity index (χ0n) is 21.1. The fourth-order valence-corrected chi connectivity index (χ4v) is 12.4. The van der Waals surface area contributed by atoms with Crippen LogP contribution in [0.15, 0.2) is 49.1 Å². The Hall–Kier alpha value is -3.61. The third-order valence-electron chi connectivity index (χ3n) is 7.41. The maximum absolute atomic E-state index is 13.6. The summed E-state index contributed by atoms with van der Waals surface area (Å²) in [7, 11) is 1.51. The number of hydrogen-bond donors (Lipinski definition) is 1. The van der Waals surface area contributed by atoms with Crippen LogP contribution >= 0.6 is 19.8 Å². The third-order valence-corrected chi connectivity index (χ3v) is 13.7. The molecule has 1 aromatic carbocycles. The summed E-state index contributed by atoms with van der Waals surface area (Å²) in [5.74, 6) is 1.04. The molecule has 1 spiro atoms. The van der Waals surface area contributed by atoms with Crippen molar-refractivity contribution in [2.24, 2.45) is 5.41 Å². The molecule has 0 bridgehead atoms. The number of pyridine rings is 1. The Bertz CT molecular complexity index is 1560. The molecule has 1 amide bonds. The molecule has 1 atom stereocenters. The van der Waals surface area contributed by atoms with Crippen LogP contribution in [0.4, 0.5) is 0 Å². The Kier molecular flexibility index (Phi) is 6.25. The summed E-state index contributed by atoms with van der Waals surface area (Å²) in [5, 5.41) is 4.85. The van der Waals surface area contributed by atoms with Crippen LogP contribution in [-0.4, -0.2) is 74.2 Å². The van der Waals surface area contributed by atoms with Gasteiger partial charge in [0.15, 0.2) is 0 Å². The first-order valence-corrected chi connectivity index (χ1v) is 16.5. The van der Waals surface area contributed by atoms with Crippen LogP contribution < -0.4 is 4.74 Å². The van der Waals surface area contributed by atoms with E-state index in [4.69, 9.17) is 4.74 Å². The summed E-state index contributed by atoms with van der Waals surface area (Å²) >= 11 is -2.24. The van der Waals surface area contributed by atoms with Gasteiger partial charge in [-0.25, -0.2) is 0 Å². The van der Waals surface area contributed by atoms with E-state index in [0.717, 1.165) is 21.7 Å². The first-order valence-electron chi connectivity index (χ1n) is 12.4. The summed E-state index contributed by atoms with van der Waals surface area (Å²) in [6.45, 7) is 3.13. The second-order valence-electron chi connectivity index (χ2n) is 9.81. The number of hydrogen-bond acceptors (Lipinski definition) is 7. The Morgan fingerprint density at radius 1 is 1.13 bits per heavy atom. The first kappa shape index (κ1) is 24.7. The van der Waals surface area contributed by atoms with Gasteiger partial charge in [0.1, 0.15) is 0 Å². The molecule has 0 radical (unpaired) electrons. The van der Waals surface area contributed by atoms with Crippen LogP contribution in [0.25, 0.3) is 16.7 Å². The van der Waals surface area contributed by atoms with E-state index in [-0.39, 0.29) is 15.1 Å². The van der Waals surface area contributed by atoms with E-state index in [2.05, 4.69) is 20.1 Å². The number of carbonyl (C=O) groups is 3. The van der Waals surface area contributed by atoms with Gasteiger partial charge in [-0.1, -0.05) is 0 Å². The number of amides is 1. The number of ketones is 1. The maximum atomic E-state index is 13.6. The Labute approximate surface area is 226 Å². The van der Waals surface area contributed by atoms with Gasteiger partial charge >= 0.3 is 227 Å². The fraction of sp³-hybridized carbons (Fsp3) is 0.333. The number of alkyl halides is 2. The molecule has 2 aliphatic rings. The molecule has 2 fully saturated rings. The number of benzene rings is 1. The topological polar surface area (TPSA) is 123 Å². The monoisotopic (exact) mass is 626 g/mol. The SMILES string of the molecule is COc1cnc(-n2cnc(C)n2)c2[nH]cc(C(=O)C(=O)I3CCC4(CCN(C(=O)c5ccccc5)C4)C3)c12. The molecule has 6 rings (SSSR count). The molecule has 1 unspecified atom stereocenters. The average molecular weight is 626 g/mol. The van der Waals surface area contributed by atoms with Gasteiger partial charge in [0.2, 0.25) is 0 Å². The molecular formula is C27H27IN6O4. The number of H-pyrrole nitrogens is 1. The number of fused-ring (bicyclic) bond motifs is 1. The van der Waals surface area contributed by atoms with Crippen LogP contribution in [-0.2, 0) is 4.79 Å². The number of methoxy groups -OCH3 is 1. The molecule has 5 heterocycles. The van der Waals surface area contributed by atoms with E-state index in [0.29, 0.717) is 52.5 Å². The van der Waals surface area contributed by atoms with Crippen molar-refractivity contribution in [1.82, 2.24) is 29.6 Å². The van der Waals surface area contributed by atoms with Crippen LogP contribution in [0.1, 0.15) is 39.4 Å². The quantitative estimate of drug-likeness (QED) is 0.114. The second kappa shape index (κ2) is 9.61. The van der Waals surface area contributed by atoms with Crippen LogP contribution in [0, 0.1) is 12.3 Å². The van der Waals surface area contributed by atoms with E-state index < -0.39 is 25.6 Å². The second-order valence-corrected chi connectivity index (χ2v) is 15.2. The number of aromatic amines is 1. The molecule has 10 nitrogen and oxygen atoms in total. The van der Waals surface area contributed by atoms with Crippen LogP contribution in [0.3, 0.4) is 0 Å². The van der Waals surface area contributed by atoms with Crippen molar-refractivity contribution in [3.05, 3.63) is 66.0 Å². The molecule has 0 saturated carbocycles. The van der Waals surface area contributed by atoms with Gasteiger partial charge in [-0.15, -0.1) is 0 Å². The average Bonchev–Trinajstić information content (AvgIpc) is 3.75. The predicted molar refractivity (Wildman–Crippen MR) is 149 cm³/mol. The molecule has 2 aliphatic heterocycles. The third kappa shape index (κ3) is 4.18. The van der Waals surface area contributed by atoms with Gasteiger partial charge in [0.25, 0.3) is 0 Å². The normalized spacial score (nSPS) is 19.9. The molecule has 2 saturated heterocycles. The number of nitrogens with one attached hydrogen (secondary N) is 1. The number of aryl methyl sites for hydroxylation is 1. The van der Waals surface area contributed by atoms with Gasteiger partial charge in [-0.3, -0.25) is 0 Å². The zero-order chi connectivity index (χ0) is 26.4. The summed E-state index contributed by atoms with van der Waals surface area (Å²) in [6.07, 6.45) is 6.43. The molecule has 196 valence electrons. The van der Waals surface area contributed by atoms with Crippen LogP contribution in [0.5, 0.6) is 5.75 Å². The van der Waals surface area contributed by atoms with Crippen molar-refractivity contribution >= 4 is 46.2 Å². The van der Waals surface area contributed by atoms with E-state index >= 15 is 0 Å². The van der Waals surface area contributed by atoms with Gasteiger partial charge < -0.3 is 0 Å². The number of aromatic nitrogens is 5. The van der Waals surface area contributed by atoms with Crippen molar-refractivity contribution in [3.63, 3.8) is 0 Å². The fourth-order valence-electron chi connectivity index (χ4n) is 5.41. The zero-order valence-corrected chi connectivity index (χ0v) is 23.3. The molecule has 1 N–H and O–H groups in total. The number of Topliss-reactive ketones (excluding diaryl/α,β-unsaturated/α-hetero) is 1. The Morgan fingerprint density at radius 3 is 2.68 bits per heavy atom. The van der Waals surface area contributed by atoms with Crippen molar-refractivity contribution in [2.75, 3.05) is 29.1 Å². The van der Waals surface area contributed by atoms with Crippen molar-refractivity contribution in [1.29, 1.82) is 0 Å². The van der Waals surface area contributed by atoms with Gasteiger partial charge in [0, 0.05) is 0 Å². The number of halogens is 1. The Balaban J connectivity index is 1.22. The van der Waals surface area contributed by atoms with E-state index in [1.54, 1.807) is 19.4 Å². The van der Waals surface area contributed by atoms with Crippen molar-refractivity contribution < 1.29 is 19.1 Å². The molecule has 11 heteroatoms. The predicted octanol–water partition coefficient (Wildman–Crippen LogP) is 3.61. The number of ether oxygens (including phenoxy) is 1. The van der Waals surface area contributed by atoms with E-state index in [1.807, 2.05) is 35.2 Å². The molecule has 0 aliphatic carbocycles. The summed E-state index contributed by atoms with van der Waals surface area (Å²) in [6, 6.07) is 9.31. The van der Waals surface area contributed by atoms with E-state index in [9.17, 15) is 14.4 Å². The number of carbonyl (C=O) groups excluding carboxylic acids is 3. The van der Waals surface area contributed by atoms with Crippen molar-refractivity contribution in [2.45, 2.75) is 19.8 Å². The molecule has 3 aromatic heterocycles. The summed E-state index contributed by atoms with van der Waals surface area (Å²) in [4.78, 5) is 53.7. The number of likely N-dealkylation sites (tertiary alicyclic amines) is 1. The minimum absolute atomic E-state index is 0.0370. The summed E-state index contributed by atoms with van der Waals surface area (Å²) in [5.41, 5.74) is 1.49. The minimum atomic E-state index is -2.24.